The first-order valence-electron chi connectivity index (χ1n) is 11.4. The lowest BCUT2D eigenvalue weighted by molar-refractivity contribution is -0.142. The number of carbonyl (C=O) groups excluding carboxylic acids is 2. The Kier molecular flexibility index (Phi) is 9.53. The van der Waals surface area contributed by atoms with Crippen molar-refractivity contribution in [2.45, 2.75) is 66.5 Å². The maximum Gasteiger partial charge on any atom is 0.261 e. The summed E-state index contributed by atoms with van der Waals surface area (Å²) in [6, 6.07) is 13.2. The minimum Gasteiger partial charge on any atom is -0.483 e. The number of rotatable bonds is 9. The van der Waals surface area contributed by atoms with Crippen molar-refractivity contribution in [1.29, 1.82) is 0 Å². The molecule has 1 atom stereocenters. The molecule has 0 bridgehead atoms. The summed E-state index contributed by atoms with van der Waals surface area (Å²) >= 11 is 3.56. The van der Waals surface area contributed by atoms with E-state index in [0.717, 1.165) is 15.6 Å². The van der Waals surface area contributed by atoms with Gasteiger partial charge in [0.1, 0.15) is 11.8 Å². The highest BCUT2D eigenvalue weighted by molar-refractivity contribution is 9.10. The van der Waals surface area contributed by atoms with Crippen LogP contribution >= 0.6 is 15.9 Å². The highest BCUT2D eigenvalue weighted by Crippen LogP contribution is 2.31. The Labute approximate surface area is 207 Å². The van der Waals surface area contributed by atoms with Crippen LogP contribution in [0.3, 0.4) is 0 Å². The zero-order valence-corrected chi connectivity index (χ0v) is 22.5. The average molecular weight is 518 g/mol. The lowest BCUT2D eigenvalue weighted by Gasteiger charge is -2.29. The number of aryl methyl sites for hydroxylation is 1. The fourth-order valence-electron chi connectivity index (χ4n) is 3.31. The molecule has 0 spiro atoms. The third kappa shape index (κ3) is 7.88. The Morgan fingerprint density at radius 2 is 1.76 bits per heavy atom. The minimum atomic E-state index is -0.619. The predicted octanol–water partition coefficient (Wildman–Crippen LogP) is 5.62. The zero-order chi connectivity index (χ0) is 24.8. The summed E-state index contributed by atoms with van der Waals surface area (Å²) in [5, 5.41) is 2.94. The van der Waals surface area contributed by atoms with Gasteiger partial charge >= 0.3 is 0 Å². The standard InChI is InChI=1S/C27H37BrN2O3/c1-18(2)15-29-26(32)20(4)30(16-21-11-9-8-10-19(21)3)25(31)17-33-24-13-12-22(14-23(24)28)27(5,6)7/h8-14,18,20H,15-17H2,1-7H3,(H,29,32)/t20-/m1/s1. The molecule has 0 aliphatic rings. The largest absolute Gasteiger partial charge is 0.483 e. The van der Waals surface area contributed by atoms with Crippen molar-refractivity contribution in [2.75, 3.05) is 13.2 Å². The van der Waals surface area contributed by atoms with Crippen molar-refractivity contribution < 1.29 is 14.3 Å². The molecule has 0 aliphatic carbocycles. The Morgan fingerprint density at radius 3 is 2.33 bits per heavy atom. The summed E-state index contributed by atoms with van der Waals surface area (Å²) < 4.78 is 6.68. The SMILES string of the molecule is Cc1ccccc1CN(C(=O)COc1ccc(C(C)(C)C)cc1Br)[C@H](C)C(=O)NCC(C)C. The van der Waals surface area contributed by atoms with Crippen LogP contribution in [0.4, 0.5) is 0 Å². The van der Waals surface area contributed by atoms with Crippen LogP contribution in [-0.2, 0) is 21.5 Å². The van der Waals surface area contributed by atoms with E-state index in [-0.39, 0.29) is 23.8 Å². The van der Waals surface area contributed by atoms with Crippen molar-refractivity contribution in [1.82, 2.24) is 10.2 Å². The summed E-state index contributed by atoms with van der Waals surface area (Å²) in [5.74, 6) is 0.529. The highest BCUT2D eigenvalue weighted by Gasteiger charge is 2.27. The van der Waals surface area contributed by atoms with Crippen molar-refractivity contribution in [3.8, 4) is 5.75 Å². The van der Waals surface area contributed by atoms with Crippen LogP contribution in [0.25, 0.3) is 0 Å². The average Bonchev–Trinajstić information content (AvgIpc) is 2.74. The number of hydrogen-bond donors (Lipinski definition) is 1. The van der Waals surface area contributed by atoms with Crippen LogP contribution in [0.2, 0.25) is 0 Å². The zero-order valence-electron chi connectivity index (χ0n) is 20.9. The monoisotopic (exact) mass is 516 g/mol. The van der Waals surface area contributed by atoms with Gasteiger partial charge in [-0.15, -0.1) is 0 Å². The molecule has 0 fully saturated rings. The van der Waals surface area contributed by atoms with E-state index in [1.165, 1.54) is 5.56 Å². The van der Waals surface area contributed by atoms with Crippen molar-refractivity contribution in [2.24, 2.45) is 5.92 Å². The fourth-order valence-corrected chi connectivity index (χ4v) is 3.81. The highest BCUT2D eigenvalue weighted by atomic mass is 79.9. The molecule has 33 heavy (non-hydrogen) atoms. The molecular formula is C27H37BrN2O3. The molecule has 2 rings (SSSR count). The molecule has 2 amide bonds. The Morgan fingerprint density at radius 1 is 1.09 bits per heavy atom. The van der Waals surface area contributed by atoms with Gasteiger partial charge in [0, 0.05) is 13.1 Å². The van der Waals surface area contributed by atoms with Gasteiger partial charge in [0.05, 0.1) is 4.47 Å². The van der Waals surface area contributed by atoms with E-state index in [4.69, 9.17) is 4.74 Å². The van der Waals surface area contributed by atoms with Gasteiger partial charge in [-0.25, -0.2) is 0 Å². The van der Waals surface area contributed by atoms with Crippen molar-refractivity contribution >= 4 is 27.7 Å². The van der Waals surface area contributed by atoms with Crippen LogP contribution in [0.15, 0.2) is 46.9 Å². The van der Waals surface area contributed by atoms with Crippen LogP contribution in [-0.4, -0.2) is 35.9 Å². The number of nitrogens with zero attached hydrogens (tertiary/aromatic N) is 1. The number of halogens is 1. The normalized spacial score (nSPS) is 12.4. The molecule has 2 aromatic carbocycles. The van der Waals surface area contributed by atoms with Crippen molar-refractivity contribution in [3.63, 3.8) is 0 Å². The Balaban J connectivity index is 2.19. The maximum atomic E-state index is 13.3. The van der Waals surface area contributed by atoms with Gasteiger partial charge in [-0.1, -0.05) is 65.0 Å². The molecule has 0 unspecified atom stereocenters. The van der Waals surface area contributed by atoms with E-state index < -0.39 is 6.04 Å². The summed E-state index contributed by atoms with van der Waals surface area (Å²) in [6.07, 6.45) is 0. The summed E-state index contributed by atoms with van der Waals surface area (Å²) in [4.78, 5) is 27.6. The van der Waals surface area contributed by atoms with Gasteiger partial charge in [0.2, 0.25) is 5.91 Å². The molecule has 5 nitrogen and oxygen atoms in total. The molecule has 0 saturated heterocycles. The number of carbonyl (C=O) groups is 2. The van der Waals surface area contributed by atoms with Gasteiger partial charge < -0.3 is 15.0 Å². The fraction of sp³-hybridized carbons (Fsp3) is 0.481. The van der Waals surface area contributed by atoms with E-state index in [2.05, 4.69) is 42.0 Å². The van der Waals surface area contributed by atoms with Gasteiger partial charge in [-0.3, -0.25) is 9.59 Å². The molecule has 0 radical (unpaired) electrons. The first kappa shape index (κ1) is 26.9. The van der Waals surface area contributed by atoms with E-state index in [1.807, 2.05) is 63.2 Å². The first-order valence-corrected chi connectivity index (χ1v) is 12.2. The molecule has 0 saturated carbocycles. The van der Waals surface area contributed by atoms with E-state index in [0.29, 0.717) is 24.8 Å². The molecule has 1 N–H and O–H groups in total. The maximum absolute atomic E-state index is 13.3. The van der Waals surface area contributed by atoms with E-state index in [9.17, 15) is 9.59 Å². The van der Waals surface area contributed by atoms with Crippen LogP contribution < -0.4 is 10.1 Å². The lowest BCUT2D eigenvalue weighted by Crippen LogP contribution is -2.49. The Hall–Kier alpha value is -2.34. The minimum absolute atomic E-state index is 0.0139. The number of hydrogen-bond acceptors (Lipinski definition) is 3. The first-order chi connectivity index (χ1) is 15.4. The molecule has 180 valence electrons. The smallest absolute Gasteiger partial charge is 0.261 e. The molecule has 2 aromatic rings. The summed E-state index contributed by atoms with van der Waals surface area (Å²) in [6.45, 7) is 15.0. The van der Waals surface area contributed by atoms with Gasteiger partial charge in [-0.2, -0.15) is 0 Å². The Bertz CT molecular complexity index is 966. The molecule has 0 aliphatic heterocycles. The molecule has 0 aromatic heterocycles. The van der Waals surface area contributed by atoms with Gasteiger partial charge in [-0.05, 0) is 69.9 Å². The summed E-state index contributed by atoms with van der Waals surface area (Å²) in [7, 11) is 0. The molecule has 0 heterocycles. The quantitative estimate of drug-likeness (QED) is 0.470. The van der Waals surface area contributed by atoms with Crippen molar-refractivity contribution in [3.05, 3.63) is 63.6 Å². The third-order valence-electron chi connectivity index (χ3n) is 5.60. The lowest BCUT2D eigenvalue weighted by atomic mass is 9.87. The number of benzene rings is 2. The van der Waals surface area contributed by atoms with Gasteiger partial charge in [0.15, 0.2) is 6.61 Å². The van der Waals surface area contributed by atoms with Crippen LogP contribution in [0, 0.1) is 12.8 Å². The van der Waals surface area contributed by atoms with Crippen LogP contribution in [0.5, 0.6) is 5.75 Å². The second kappa shape index (κ2) is 11.7. The number of nitrogens with one attached hydrogen (secondary N) is 1. The second-order valence-electron chi connectivity index (χ2n) is 9.95. The molecule has 6 heteroatoms. The predicted molar refractivity (Wildman–Crippen MR) is 137 cm³/mol. The number of amides is 2. The van der Waals surface area contributed by atoms with Gasteiger partial charge in [0.25, 0.3) is 5.91 Å². The number of ether oxygens (including phenoxy) is 1. The topological polar surface area (TPSA) is 58.6 Å². The second-order valence-corrected chi connectivity index (χ2v) is 10.8. The van der Waals surface area contributed by atoms with E-state index >= 15 is 0 Å². The molecular weight excluding hydrogens is 480 g/mol. The third-order valence-corrected chi connectivity index (χ3v) is 6.22. The summed E-state index contributed by atoms with van der Waals surface area (Å²) in [5.41, 5.74) is 3.27. The van der Waals surface area contributed by atoms with E-state index in [1.54, 1.807) is 11.8 Å². The van der Waals surface area contributed by atoms with Crippen LogP contribution in [0.1, 0.15) is 58.2 Å².